The minimum atomic E-state index is -0.681. The number of likely N-dealkylation sites (N-methyl/N-ethyl adjacent to an activating group) is 1. The number of benzene rings is 1. The molecule has 0 aliphatic carbocycles. The summed E-state index contributed by atoms with van der Waals surface area (Å²) in [6, 6.07) is 5.46. The van der Waals surface area contributed by atoms with Crippen molar-refractivity contribution in [1.82, 2.24) is 4.90 Å². The Kier molecular flexibility index (Phi) is 6.16. The molecule has 0 saturated carbocycles. The van der Waals surface area contributed by atoms with E-state index in [9.17, 15) is 14.7 Å². The molecular weight excluding hydrogens is 324 g/mol. The van der Waals surface area contributed by atoms with Crippen LogP contribution in [-0.2, 0) is 9.59 Å². The number of carbonyl (C=O) groups is 2. The lowest BCUT2D eigenvalue weighted by Gasteiger charge is -2.17. The van der Waals surface area contributed by atoms with Gasteiger partial charge in [0.15, 0.2) is 0 Å². The second kappa shape index (κ2) is 7.40. The van der Waals surface area contributed by atoms with E-state index in [1.165, 1.54) is 11.9 Å². The van der Waals surface area contributed by atoms with E-state index in [2.05, 4.69) is 21.2 Å². The number of anilines is 1. The highest BCUT2D eigenvalue weighted by atomic mass is 79.9. The molecule has 5 nitrogen and oxygen atoms in total. The summed E-state index contributed by atoms with van der Waals surface area (Å²) < 4.78 is 0.827. The van der Waals surface area contributed by atoms with Crippen LogP contribution in [0.1, 0.15) is 18.9 Å². The van der Waals surface area contributed by atoms with Crippen molar-refractivity contribution < 1.29 is 14.7 Å². The molecule has 110 valence electrons. The topological polar surface area (TPSA) is 69.6 Å². The van der Waals surface area contributed by atoms with Crippen LogP contribution in [0.3, 0.4) is 0 Å². The van der Waals surface area contributed by atoms with Crippen LogP contribution in [0.2, 0.25) is 0 Å². The zero-order valence-corrected chi connectivity index (χ0v) is 13.4. The molecular formula is C14H19BrN2O3. The molecule has 2 N–H and O–H groups in total. The van der Waals surface area contributed by atoms with E-state index in [0.29, 0.717) is 18.7 Å². The van der Waals surface area contributed by atoms with Gasteiger partial charge in [0.2, 0.25) is 0 Å². The zero-order chi connectivity index (χ0) is 15.3. The van der Waals surface area contributed by atoms with Gasteiger partial charge in [-0.2, -0.15) is 0 Å². The third kappa shape index (κ3) is 4.94. The Bertz CT molecular complexity index is 503. The Balaban J connectivity index is 2.66. The molecule has 1 aromatic rings. The summed E-state index contributed by atoms with van der Waals surface area (Å²) in [7, 11) is 1.54. The van der Waals surface area contributed by atoms with Crippen LogP contribution < -0.4 is 5.32 Å². The molecule has 0 heterocycles. The average molecular weight is 343 g/mol. The van der Waals surface area contributed by atoms with Crippen molar-refractivity contribution in [2.75, 3.05) is 18.9 Å². The highest BCUT2D eigenvalue weighted by molar-refractivity contribution is 9.10. The van der Waals surface area contributed by atoms with Gasteiger partial charge in [0.1, 0.15) is 0 Å². The maximum atomic E-state index is 11.9. The summed E-state index contributed by atoms with van der Waals surface area (Å²) in [5.74, 6) is -1.30. The first kappa shape index (κ1) is 16.7. The fourth-order valence-corrected chi connectivity index (χ4v) is 1.92. The summed E-state index contributed by atoms with van der Waals surface area (Å²) in [5, 5.41) is 11.8. The maximum Gasteiger partial charge on any atom is 0.313 e. The second-order valence-electron chi connectivity index (χ2n) is 4.78. The van der Waals surface area contributed by atoms with Crippen molar-refractivity contribution in [2.24, 2.45) is 0 Å². The lowest BCUT2D eigenvalue weighted by Crippen LogP contribution is -2.38. The van der Waals surface area contributed by atoms with Crippen LogP contribution in [0, 0.1) is 6.92 Å². The number of aliphatic hydroxyl groups excluding tert-OH is 1. The van der Waals surface area contributed by atoms with Gasteiger partial charge >= 0.3 is 11.8 Å². The monoisotopic (exact) mass is 342 g/mol. The molecule has 0 radical (unpaired) electrons. The number of carbonyl (C=O) groups excluding carboxylic acids is 2. The largest absolute Gasteiger partial charge is 0.393 e. The maximum absolute atomic E-state index is 11.9. The van der Waals surface area contributed by atoms with Crippen molar-refractivity contribution in [3.05, 3.63) is 28.2 Å². The van der Waals surface area contributed by atoms with Crippen LogP contribution in [0.15, 0.2) is 22.7 Å². The van der Waals surface area contributed by atoms with E-state index in [4.69, 9.17) is 0 Å². The van der Waals surface area contributed by atoms with Crippen LogP contribution >= 0.6 is 15.9 Å². The normalized spacial score (nSPS) is 11.8. The van der Waals surface area contributed by atoms with Gasteiger partial charge in [-0.05, 0) is 38.0 Å². The van der Waals surface area contributed by atoms with E-state index in [-0.39, 0.29) is 0 Å². The number of nitrogens with one attached hydrogen (secondary N) is 1. The molecule has 0 spiro atoms. The molecule has 1 aromatic carbocycles. The van der Waals surface area contributed by atoms with Crippen LogP contribution in [0.4, 0.5) is 5.69 Å². The Morgan fingerprint density at radius 2 is 2.10 bits per heavy atom. The zero-order valence-electron chi connectivity index (χ0n) is 11.8. The van der Waals surface area contributed by atoms with Crippen molar-refractivity contribution in [1.29, 1.82) is 0 Å². The van der Waals surface area contributed by atoms with Gasteiger partial charge in [0.25, 0.3) is 0 Å². The first-order chi connectivity index (χ1) is 9.31. The van der Waals surface area contributed by atoms with Crippen LogP contribution in [0.25, 0.3) is 0 Å². The summed E-state index contributed by atoms with van der Waals surface area (Å²) in [6.45, 7) is 3.83. The third-order valence-corrected chi connectivity index (χ3v) is 3.36. The highest BCUT2D eigenvalue weighted by Gasteiger charge is 2.19. The molecule has 0 bridgehead atoms. The van der Waals surface area contributed by atoms with Crippen LogP contribution in [0.5, 0.6) is 0 Å². The lowest BCUT2D eigenvalue weighted by atomic mass is 10.2. The van der Waals surface area contributed by atoms with E-state index in [0.717, 1.165) is 10.0 Å². The molecule has 0 fully saturated rings. The fourth-order valence-electron chi connectivity index (χ4n) is 1.56. The predicted octanol–water partition coefficient (Wildman–Crippen LogP) is 1.93. The van der Waals surface area contributed by atoms with Gasteiger partial charge in [-0.1, -0.05) is 22.0 Å². The molecule has 2 amide bonds. The Morgan fingerprint density at radius 3 is 2.70 bits per heavy atom. The Hall–Kier alpha value is -1.40. The number of halogens is 1. The quantitative estimate of drug-likeness (QED) is 0.821. The Labute approximate surface area is 127 Å². The molecule has 0 aromatic heterocycles. The van der Waals surface area contributed by atoms with Crippen molar-refractivity contribution in [3.63, 3.8) is 0 Å². The number of nitrogens with zero attached hydrogens (tertiary/aromatic N) is 1. The number of amides is 2. The molecule has 1 atom stereocenters. The van der Waals surface area contributed by atoms with E-state index in [1.807, 2.05) is 19.1 Å². The molecule has 1 unspecified atom stereocenters. The fraction of sp³-hybridized carbons (Fsp3) is 0.429. The lowest BCUT2D eigenvalue weighted by molar-refractivity contribution is -0.142. The molecule has 0 saturated heterocycles. The van der Waals surface area contributed by atoms with Crippen LogP contribution in [-0.4, -0.2) is 41.5 Å². The molecule has 0 aliphatic heterocycles. The molecule has 0 aliphatic rings. The number of hydrogen-bond donors (Lipinski definition) is 2. The average Bonchev–Trinajstić information content (AvgIpc) is 2.39. The van der Waals surface area contributed by atoms with Crippen molar-refractivity contribution in [3.8, 4) is 0 Å². The minimum Gasteiger partial charge on any atom is -0.393 e. The number of hydrogen-bond acceptors (Lipinski definition) is 3. The van der Waals surface area contributed by atoms with E-state index < -0.39 is 17.9 Å². The number of rotatable bonds is 4. The van der Waals surface area contributed by atoms with Gasteiger partial charge in [-0.3, -0.25) is 9.59 Å². The summed E-state index contributed by atoms with van der Waals surface area (Å²) >= 11 is 3.32. The number of aliphatic hydroxyl groups is 1. The van der Waals surface area contributed by atoms with Gasteiger partial charge in [0.05, 0.1) is 6.10 Å². The minimum absolute atomic E-state index is 0.335. The van der Waals surface area contributed by atoms with Crippen molar-refractivity contribution in [2.45, 2.75) is 26.4 Å². The smallest absolute Gasteiger partial charge is 0.313 e. The number of aryl methyl sites for hydroxylation is 1. The summed E-state index contributed by atoms with van der Waals surface area (Å²) in [4.78, 5) is 25.1. The predicted molar refractivity (Wildman–Crippen MR) is 81.4 cm³/mol. The van der Waals surface area contributed by atoms with Gasteiger partial charge in [-0.15, -0.1) is 0 Å². The third-order valence-electron chi connectivity index (χ3n) is 2.87. The Morgan fingerprint density at radius 1 is 1.45 bits per heavy atom. The molecule has 20 heavy (non-hydrogen) atoms. The first-order valence-corrected chi connectivity index (χ1v) is 7.11. The standard InChI is InChI=1S/C14H19BrN2O3/c1-9-4-5-11(15)8-12(9)16-13(19)14(20)17(3)7-6-10(2)18/h4-5,8,10,18H,6-7H2,1-3H3,(H,16,19). The van der Waals surface area contributed by atoms with E-state index >= 15 is 0 Å². The van der Waals surface area contributed by atoms with Gasteiger partial charge in [-0.25, -0.2) is 0 Å². The summed E-state index contributed by atoms with van der Waals surface area (Å²) in [5.41, 5.74) is 1.47. The van der Waals surface area contributed by atoms with Gasteiger partial charge < -0.3 is 15.3 Å². The van der Waals surface area contributed by atoms with Crippen molar-refractivity contribution >= 4 is 33.4 Å². The van der Waals surface area contributed by atoms with E-state index in [1.54, 1.807) is 13.0 Å². The SMILES string of the molecule is Cc1ccc(Br)cc1NC(=O)C(=O)N(C)CCC(C)O. The first-order valence-electron chi connectivity index (χ1n) is 6.32. The molecule has 6 heteroatoms. The van der Waals surface area contributed by atoms with Gasteiger partial charge in [0, 0.05) is 23.8 Å². The molecule has 1 rings (SSSR count). The highest BCUT2D eigenvalue weighted by Crippen LogP contribution is 2.20. The summed E-state index contributed by atoms with van der Waals surface area (Å²) in [6.07, 6.45) is -0.0635. The second-order valence-corrected chi connectivity index (χ2v) is 5.69.